The van der Waals surface area contributed by atoms with Crippen LogP contribution < -0.4 is 0 Å². The monoisotopic (exact) mass is 144 g/mol. The second-order valence-corrected chi connectivity index (χ2v) is 2.47. The largest absolute Gasteiger partial charge is 0.481 e. The zero-order chi connectivity index (χ0) is 7.72. The number of carboxylic acids is 2. The minimum Gasteiger partial charge on any atom is -0.481 e. The predicted octanol–water partition coefficient (Wildman–Crippen LogP) is 0.182. The summed E-state index contributed by atoms with van der Waals surface area (Å²) in [5, 5.41) is 16.8. The summed E-state index contributed by atoms with van der Waals surface area (Å²) in [6, 6.07) is 0. The molecule has 0 heterocycles. The maximum absolute atomic E-state index is 10.2. The molecule has 0 saturated heterocycles. The first-order valence-corrected chi connectivity index (χ1v) is 3.08. The first-order chi connectivity index (χ1) is 4.63. The second kappa shape index (κ2) is 2.28. The van der Waals surface area contributed by atoms with Crippen molar-refractivity contribution < 1.29 is 19.8 Å². The Bertz CT molecular complexity index is 155. The van der Waals surface area contributed by atoms with Crippen LogP contribution in [0, 0.1) is 11.8 Å². The fraction of sp³-hybridized carbons (Fsp3) is 0.667. The van der Waals surface area contributed by atoms with Gasteiger partial charge in [-0.2, -0.15) is 0 Å². The van der Waals surface area contributed by atoms with E-state index in [0.717, 1.165) is 0 Å². The second-order valence-electron chi connectivity index (χ2n) is 2.47. The van der Waals surface area contributed by atoms with Crippen molar-refractivity contribution in [2.45, 2.75) is 12.8 Å². The fourth-order valence-electron chi connectivity index (χ4n) is 1.09. The lowest BCUT2D eigenvalue weighted by Gasteiger charge is -2.29. The summed E-state index contributed by atoms with van der Waals surface area (Å²) in [5.41, 5.74) is 0. The summed E-state index contributed by atoms with van der Waals surface area (Å²) in [6.07, 6.45) is 1.01. The summed E-state index contributed by atoms with van der Waals surface area (Å²) < 4.78 is 0. The van der Waals surface area contributed by atoms with Gasteiger partial charge < -0.3 is 10.2 Å². The molecule has 56 valence electrons. The van der Waals surface area contributed by atoms with Crippen molar-refractivity contribution >= 4 is 11.9 Å². The molecule has 0 bridgehead atoms. The van der Waals surface area contributed by atoms with Crippen LogP contribution in [0.3, 0.4) is 0 Å². The van der Waals surface area contributed by atoms with Crippen molar-refractivity contribution in [2.24, 2.45) is 11.8 Å². The lowest BCUT2D eigenvalue weighted by Crippen LogP contribution is -2.37. The molecule has 2 N–H and O–H groups in total. The van der Waals surface area contributed by atoms with Crippen molar-refractivity contribution in [1.82, 2.24) is 0 Å². The molecular weight excluding hydrogens is 136 g/mol. The molecule has 4 nitrogen and oxygen atoms in total. The molecule has 0 aromatic heterocycles. The molecule has 2 atom stereocenters. The van der Waals surface area contributed by atoms with E-state index >= 15 is 0 Å². The summed E-state index contributed by atoms with van der Waals surface area (Å²) in [4.78, 5) is 20.5. The molecule has 0 unspecified atom stereocenters. The Labute approximate surface area is 57.5 Å². The van der Waals surface area contributed by atoms with Crippen molar-refractivity contribution in [2.75, 3.05) is 0 Å². The first-order valence-electron chi connectivity index (χ1n) is 3.08. The Morgan fingerprint density at radius 2 is 1.30 bits per heavy atom. The molecule has 1 aliphatic carbocycles. The number of carbonyl (C=O) groups is 2. The molecule has 1 rings (SSSR count). The third-order valence-corrected chi connectivity index (χ3v) is 1.91. The van der Waals surface area contributed by atoms with Crippen LogP contribution in [0.1, 0.15) is 12.8 Å². The normalized spacial score (nSPS) is 30.8. The molecule has 10 heavy (non-hydrogen) atoms. The van der Waals surface area contributed by atoms with Gasteiger partial charge in [-0.1, -0.05) is 0 Å². The topological polar surface area (TPSA) is 74.6 Å². The van der Waals surface area contributed by atoms with Gasteiger partial charge in [0.15, 0.2) is 0 Å². The highest BCUT2D eigenvalue weighted by atomic mass is 16.4. The minimum absolute atomic E-state index is 0.506. The van der Waals surface area contributed by atoms with Gasteiger partial charge in [0.25, 0.3) is 0 Å². The Morgan fingerprint density at radius 3 is 1.40 bits per heavy atom. The first kappa shape index (κ1) is 7.05. The Morgan fingerprint density at radius 1 is 1.00 bits per heavy atom. The lowest BCUT2D eigenvalue weighted by atomic mass is 9.74. The highest BCUT2D eigenvalue weighted by Crippen LogP contribution is 2.34. The van der Waals surface area contributed by atoms with Gasteiger partial charge in [-0.15, -0.1) is 0 Å². The van der Waals surface area contributed by atoms with E-state index in [1.807, 2.05) is 0 Å². The molecule has 0 spiro atoms. The van der Waals surface area contributed by atoms with Gasteiger partial charge in [-0.05, 0) is 12.8 Å². The highest BCUT2D eigenvalue weighted by molar-refractivity contribution is 5.81. The summed E-state index contributed by atoms with van der Waals surface area (Å²) >= 11 is 0. The Balaban J connectivity index is 2.51. The van der Waals surface area contributed by atoms with Crippen molar-refractivity contribution in [3.63, 3.8) is 0 Å². The number of aliphatic carboxylic acids is 2. The van der Waals surface area contributed by atoms with Gasteiger partial charge in [0, 0.05) is 0 Å². The Kier molecular flexibility index (Phi) is 1.61. The molecule has 1 aliphatic rings. The lowest BCUT2D eigenvalue weighted by molar-refractivity contribution is -0.160. The molecule has 0 radical (unpaired) electrons. The molecule has 0 aromatic carbocycles. The van der Waals surface area contributed by atoms with Gasteiger partial charge >= 0.3 is 11.9 Å². The number of rotatable bonds is 2. The summed E-state index contributed by atoms with van der Waals surface area (Å²) in [5.74, 6) is -3.26. The molecule has 4 heteroatoms. The van der Waals surface area contributed by atoms with E-state index in [-0.39, 0.29) is 0 Å². The van der Waals surface area contributed by atoms with E-state index < -0.39 is 23.8 Å². The molecule has 0 aromatic rings. The highest BCUT2D eigenvalue weighted by Gasteiger charge is 2.41. The van der Waals surface area contributed by atoms with Crippen LogP contribution in [0.2, 0.25) is 0 Å². The maximum atomic E-state index is 10.2. The zero-order valence-electron chi connectivity index (χ0n) is 5.28. The van der Waals surface area contributed by atoms with Gasteiger partial charge in [0.05, 0.1) is 11.8 Å². The van der Waals surface area contributed by atoms with Crippen LogP contribution in [-0.2, 0) is 9.59 Å². The third kappa shape index (κ3) is 0.964. The fourth-order valence-corrected chi connectivity index (χ4v) is 1.09. The van der Waals surface area contributed by atoms with E-state index in [4.69, 9.17) is 10.2 Å². The van der Waals surface area contributed by atoms with Gasteiger partial charge in [0.1, 0.15) is 0 Å². The predicted molar refractivity (Wildman–Crippen MR) is 31.5 cm³/mol. The maximum Gasteiger partial charge on any atom is 0.307 e. The Hall–Kier alpha value is -1.06. The zero-order valence-corrected chi connectivity index (χ0v) is 5.28. The van der Waals surface area contributed by atoms with Crippen LogP contribution in [0.25, 0.3) is 0 Å². The van der Waals surface area contributed by atoms with Crippen molar-refractivity contribution in [3.05, 3.63) is 0 Å². The quantitative estimate of drug-likeness (QED) is 0.579. The number of hydrogen-bond donors (Lipinski definition) is 2. The van der Waals surface area contributed by atoms with Crippen LogP contribution in [0.5, 0.6) is 0 Å². The van der Waals surface area contributed by atoms with Gasteiger partial charge in [-0.3, -0.25) is 9.59 Å². The van der Waals surface area contributed by atoms with E-state index in [0.29, 0.717) is 12.8 Å². The van der Waals surface area contributed by atoms with E-state index in [1.165, 1.54) is 0 Å². The average Bonchev–Trinajstić information content (AvgIpc) is 1.56. The average molecular weight is 144 g/mol. The van der Waals surface area contributed by atoms with E-state index in [2.05, 4.69) is 0 Å². The van der Waals surface area contributed by atoms with Gasteiger partial charge in [0.2, 0.25) is 0 Å². The van der Waals surface area contributed by atoms with Crippen LogP contribution >= 0.6 is 0 Å². The summed E-state index contributed by atoms with van der Waals surface area (Å²) in [7, 11) is 0. The number of carboxylic acid groups (broad SMARTS) is 2. The van der Waals surface area contributed by atoms with Gasteiger partial charge in [-0.25, -0.2) is 0 Å². The summed E-state index contributed by atoms with van der Waals surface area (Å²) in [6.45, 7) is 0. The van der Waals surface area contributed by atoms with E-state index in [9.17, 15) is 9.59 Å². The van der Waals surface area contributed by atoms with Crippen molar-refractivity contribution in [1.29, 1.82) is 0 Å². The van der Waals surface area contributed by atoms with E-state index in [1.54, 1.807) is 0 Å². The van der Waals surface area contributed by atoms with Crippen LogP contribution in [0.15, 0.2) is 0 Å². The SMILES string of the molecule is O=C(O)[C@H]1CC[C@@H]1C(=O)O. The molecule has 0 aliphatic heterocycles. The van der Waals surface area contributed by atoms with Crippen LogP contribution in [0.4, 0.5) is 0 Å². The molecule has 1 saturated carbocycles. The van der Waals surface area contributed by atoms with Crippen LogP contribution in [-0.4, -0.2) is 22.2 Å². The molecular formula is C6H8O4. The minimum atomic E-state index is -0.987. The third-order valence-electron chi connectivity index (χ3n) is 1.91. The molecule has 1 fully saturated rings. The number of hydrogen-bond acceptors (Lipinski definition) is 2. The molecule has 0 amide bonds. The standard InChI is InChI=1S/C6H8O4/c7-5(8)3-1-2-4(3)6(9)10/h3-4H,1-2H2,(H,7,8)(H,9,10)/t3-,4-/m0/s1. The van der Waals surface area contributed by atoms with Crippen molar-refractivity contribution in [3.8, 4) is 0 Å². The smallest absolute Gasteiger partial charge is 0.307 e.